The molecule has 6 rings (SSSR count). The predicted molar refractivity (Wildman–Crippen MR) is 67.4 cm³/mol. The van der Waals surface area contributed by atoms with Crippen molar-refractivity contribution in [2.45, 2.75) is 25.7 Å². The number of benzene rings is 2. The Bertz CT molecular complexity index is 657. The Kier molecular flexibility index (Phi) is 4.01. The van der Waals surface area contributed by atoms with Crippen LogP contribution in [0.1, 0.15) is 22.3 Å². The van der Waals surface area contributed by atoms with Crippen LogP contribution in [0.25, 0.3) is 0 Å². The van der Waals surface area contributed by atoms with Crippen molar-refractivity contribution in [1.82, 2.24) is 0 Å². The van der Waals surface area contributed by atoms with E-state index in [1.54, 1.807) is 0 Å². The molecule has 24 heavy (non-hydrogen) atoms. The molecule has 0 nitrogen and oxygen atoms in total. The highest BCUT2D eigenvalue weighted by Crippen LogP contribution is 2.31. The number of rotatable bonds is 0. The van der Waals surface area contributed by atoms with Crippen molar-refractivity contribution in [3.63, 3.8) is 0 Å². The van der Waals surface area contributed by atoms with E-state index in [1.807, 2.05) is 0 Å². The minimum Gasteiger partial charge on any atom is -0.203 e. The molecule has 0 radical (unpaired) electrons. The van der Waals surface area contributed by atoms with E-state index in [1.165, 1.54) is 0 Å². The first-order valence-electron chi connectivity index (χ1n) is 6.93. The minimum absolute atomic E-state index is 0.877. The largest absolute Gasteiger partial charge is 0.203 e. The van der Waals surface area contributed by atoms with E-state index in [4.69, 9.17) is 0 Å². The number of hydrogen-bond donors (Lipinski definition) is 0. The highest BCUT2D eigenvalue weighted by molar-refractivity contribution is 5.36. The quantitative estimate of drug-likeness (QED) is 0.477. The van der Waals surface area contributed by atoms with Crippen LogP contribution in [0.5, 0.6) is 0 Å². The highest BCUT2D eigenvalue weighted by atomic mass is 19.2. The third-order valence-electron chi connectivity index (χ3n) is 4.14. The Morgan fingerprint density at radius 3 is 0.542 bits per heavy atom. The summed E-state index contributed by atoms with van der Waals surface area (Å²) in [6.45, 7) is 0. The minimum atomic E-state index is -1.68. The molecule has 0 aliphatic heterocycles. The van der Waals surface area contributed by atoms with Crippen molar-refractivity contribution in [3.8, 4) is 0 Å². The molecule has 0 saturated heterocycles. The first-order valence-corrected chi connectivity index (χ1v) is 6.93. The Labute approximate surface area is 130 Å². The second-order valence-electron chi connectivity index (χ2n) is 5.43. The van der Waals surface area contributed by atoms with E-state index >= 15 is 0 Å². The van der Waals surface area contributed by atoms with Crippen molar-refractivity contribution in [2.24, 2.45) is 0 Å². The summed E-state index contributed by atoms with van der Waals surface area (Å²) in [6, 6.07) is 0. The van der Waals surface area contributed by atoms with Crippen molar-refractivity contribution in [2.75, 3.05) is 0 Å². The molecule has 4 bridgehead atoms. The molecule has 0 unspecified atom stereocenters. The molecule has 0 spiro atoms. The second-order valence-corrected chi connectivity index (χ2v) is 5.43. The van der Waals surface area contributed by atoms with Crippen molar-refractivity contribution < 1.29 is 35.1 Å². The Balaban J connectivity index is 2.29. The summed E-state index contributed by atoms with van der Waals surface area (Å²) in [6.07, 6.45) is -3.51. The lowest BCUT2D eigenvalue weighted by molar-refractivity contribution is 0.406. The third kappa shape index (κ3) is 2.27. The average molecular weight is 352 g/mol. The molecule has 0 amide bonds. The first kappa shape index (κ1) is 16.7. The lowest BCUT2D eigenvalue weighted by Gasteiger charge is -2.16. The SMILES string of the molecule is Fc1c(F)c2c(F)c(F)c1CCc1c(F)c(F)c(c(F)c1F)CC2. The molecule has 0 saturated carbocycles. The normalized spacial score (nSPS) is 14.0. The van der Waals surface area contributed by atoms with Crippen LogP contribution in [0.4, 0.5) is 35.1 Å². The van der Waals surface area contributed by atoms with E-state index in [0.29, 0.717) is 0 Å². The smallest absolute Gasteiger partial charge is 0.165 e. The van der Waals surface area contributed by atoms with Gasteiger partial charge in [0.15, 0.2) is 46.5 Å². The molecular formula is C16H8F8. The lowest BCUT2D eigenvalue weighted by Crippen LogP contribution is -2.16. The average Bonchev–Trinajstić information content (AvgIpc) is 2.55. The zero-order chi connectivity index (χ0) is 17.8. The summed E-state index contributed by atoms with van der Waals surface area (Å²) in [4.78, 5) is 0. The van der Waals surface area contributed by atoms with Gasteiger partial charge >= 0.3 is 0 Å². The standard InChI is InChI=1S/C16H8F8/c17-9-5-1-2-6-11(19)15(23)8(16(24)12(6)20)4-3-7(13(9)21)14(22)10(5)18/h1-4H2. The topological polar surface area (TPSA) is 0 Å². The van der Waals surface area contributed by atoms with Gasteiger partial charge < -0.3 is 0 Å². The van der Waals surface area contributed by atoms with E-state index < -0.39 is 94.5 Å². The van der Waals surface area contributed by atoms with Crippen LogP contribution in [0.3, 0.4) is 0 Å². The maximum absolute atomic E-state index is 13.9. The van der Waals surface area contributed by atoms with Gasteiger partial charge in [0, 0.05) is 22.3 Å². The zero-order valence-corrected chi connectivity index (χ0v) is 11.9. The monoisotopic (exact) mass is 352 g/mol. The fourth-order valence-electron chi connectivity index (χ4n) is 2.82. The zero-order valence-electron chi connectivity index (χ0n) is 11.9. The molecule has 0 heterocycles. The molecule has 128 valence electrons. The van der Waals surface area contributed by atoms with E-state index in [2.05, 4.69) is 0 Å². The molecule has 0 N–H and O–H groups in total. The van der Waals surface area contributed by atoms with Crippen molar-refractivity contribution >= 4 is 0 Å². The van der Waals surface area contributed by atoms with Gasteiger partial charge in [-0.3, -0.25) is 0 Å². The summed E-state index contributed by atoms with van der Waals surface area (Å²) < 4.78 is 111. The van der Waals surface area contributed by atoms with Gasteiger partial charge in [-0.05, 0) is 25.7 Å². The van der Waals surface area contributed by atoms with Crippen molar-refractivity contribution in [3.05, 3.63) is 68.8 Å². The van der Waals surface area contributed by atoms with Crippen LogP contribution in [-0.4, -0.2) is 0 Å². The molecule has 0 atom stereocenters. The van der Waals surface area contributed by atoms with Gasteiger partial charge in [0.05, 0.1) is 0 Å². The number of hydrogen-bond acceptors (Lipinski definition) is 0. The fourth-order valence-corrected chi connectivity index (χ4v) is 2.82. The Hall–Kier alpha value is -2.12. The van der Waals surface area contributed by atoms with Crippen LogP contribution < -0.4 is 0 Å². The molecule has 0 fully saturated rings. The predicted octanol–water partition coefficient (Wildman–Crippen LogP) is 4.68. The summed E-state index contributed by atoms with van der Waals surface area (Å²) in [5, 5.41) is 0. The Morgan fingerprint density at radius 1 is 0.292 bits per heavy atom. The maximum atomic E-state index is 13.9. The van der Waals surface area contributed by atoms with Crippen LogP contribution >= 0.6 is 0 Å². The van der Waals surface area contributed by atoms with E-state index in [9.17, 15) is 35.1 Å². The molecule has 2 aromatic carbocycles. The van der Waals surface area contributed by atoms with E-state index in [-0.39, 0.29) is 0 Å². The molecule has 2 aromatic rings. The van der Waals surface area contributed by atoms with E-state index in [0.717, 1.165) is 0 Å². The first-order chi connectivity index (χ1) is 11.3. The highest BCUT2D eigenvalue weighted by Gasteiger charge is 2.30. The van der Waals surface area contributed by atoms with Gasteiger partial charge in [0.2, 0.25) is 0 Å². The number of halogens is 8. The molecule has 4 aliphatic rings. The van der Waals surface area contributed by atoms with Crippen LogP contribution in [-0.2, 0) is 25.7 Å². The van der Waals surface area contributed by atoms with Crippen LogP contribution in [0.2, 0.25) is 0 Å². The summed E-state index contributed by atoms with van der Waals surface area (Å²) >= 11 is 0. The van der Waals surface area contributed by atoms with Gasteiger partial charge in [-0.15, -0.1) is 0 Å². The van der Waals surface area contributed by atoms with Crippen LogP contribution in [0, 0.1) is 46.5 Å². The fraction of sp³-hybridized carbons (Fsp3) is 0.250. The molecule has 4 aliphatic carbocycles. The Morgan fingerprint density at radius 2 is 0.417 bits per heavy atom. The maximum Gasteiger partial charge on any atom is 0.165 e. The summed E-state index contributed by atoms with van der Waals surface area (Å²) in [5.74, 6) is -13.4. The van der Waals surface area contributed by atoms with Gasteiger partial charge in [-0.2, -0.15) is 0 Å². The van der Waals surface area contributed by atoms with Gasteiger partial charge in [0.1, 0.15) is 0 Å². The summed E-state index contributed by atoms with van der Waals surface area (Å²) in [5.41, 5.74) is -4.29. The van der Waals surface area contributed by atoms with Crippen molar-refractivity contribution in [1.29, 1.82) is 0 Å². The third-order valence-corrected chi connectivity index (χ3v) is 4.14. The molecule has 8 heteroatoms. The van der Waals surface area contributed by atoms with Crippen LogP contribution in [0.15, 0.2) is 0 Å². The van der Waals surface area contributed by atoms with Gasteiger partial charge in [-0.1, -0.05) is 0 Å². The lowest BCUT2D eigenvalue weighted by atomic mass is 9.93. The molecular weight excluding hydrogens is 344 g/mol. The van der Waals surface area contributed by atoms with Gasteiger partial charge in [-0.25, -0.2) is 35.1 Å². The van der Waals surface area contributed by atoms with Gasteiger partial charge in [0.25, 0.3) is 0 Å². The summed E-state index contributed by atoms with van der Waals surface area (Å²) in [7, 11) is 0. The molecule has 0 aromatic heterocycles. The second kappa shape index (κ2) is 5.75.